The van der Waals surface area contributed by atoms with Gasteiger partial charge in [0.05, 0.1) is 11.5 Å². The van der Waals surface area contributed by atoms with Crippen molar-refractivity contribution in [2.45, 2.75) is 42.7 Å². The van der Waals surface area contributed by atoms with Gasteiger partial charge in [0.25, 0.3) is 0 Å². The zero-order valence-corrected chi connectivity index (χ0v) is 22.6. The quantitative estimate of drug-likeness (QED) is 0.386. The van der Waals surface area contributed by atoms with E-state index in [0.29, 0.717) is 23.8 Å². The van der Waals surface area contributed by atoms with E-state index in [1.165, 1.54) is 4.31 Å². The summed E-state index contributed by atoms with van der Waals surface area (Å²) in [6.07, 6.45) is 10.3. The van der Waals surface area contributed by atoms with Gasteiger partial charge in [0.15, 0.2) is 0 Å². The van der Waals surface area contributed by atoms with Gasteiger partial charge in [-0.2, -0.15) is 4.31 Å². The molecule has 0 fully saturated rings. The summed E-state index contributed by atoms with van der Waals surface area (Å²) in [7, 11) is -1.77. The number of nitrogens with two attached hydrogens (primary N) is 1. The molecule has 1 atom stereocenters. The van der Waals surface area contributed by atoms with Crippen molar-refractivity contribution >= 4 is 47.2 Å². The molecule has 1 aromatic carbocycles. The second-order valence-corrected chi connectivity index (χ2v) is 10.2. The minimum atomic E-state index is -3.35. The summed E-state index contributed by atoms with van der Waals surface area (Å²) >= 11 is 0. The fourth-order valence-electron chi connectivity index (χ4n) is 4.10. The molecule has 0 spiro atoms. The second-order valence-electron chi connectivity index (χ2n) is 8.24. The number of nitrogens with zero attached hydrogens (tertiary/aromatic N) is 3. The van der Waals surface area contributed by atoms with Crippen LogP contribution in [0.25, 0.3) is 0 Å². The molecule has 4 rings (SSSR count). The van der Waals surface area contributed by atoms with E-state index in [0.717, 1.165) is 42.4 Å². The molecule has 1 aliphatic rings. The van der Waals surface area contributed by atoms with E-state index in [4.69, 9.17) is 10.5 Å². The van der Waals surface area contributed by atoms with E-state index in [9.17, 15) is 8.42 Å². The largest absolute Gasteiger partial charge is 0.494 e. The highest BCUT2D eigenvalue weighted by molar-refractivity contribution is 7.89. The Bertz CT molecular complexity index is 1170. The number of aromatic nitrogens is 2. The average molecular weight is 562 g/mol. The van der Waals surface area contributed by atoms with Crippen LogP contribution >= 0.6 is 37.2 Å². The summed E-state index contributed by atoms with van der Waals surface area (Å²) in [5.41, 5.74) is 9.37. The van der Waals surface area contributed by atoms with Crippen LogP contribution in [0.2, 0.25) is 0 Å². The molecule has 0 bridgehead atoms. The SMILES string of the molecule is CN1Cc2cc(OCCCC(N)(CCc3cccnc3)c3ccncc3)ccc2S1(=O)=O.Cl.Cl.Cl. The number of sulfonamides is 1. The zero-order chi connectivity index (χ0) is 22.6. The van der Waals surface area contributed by atoms with Gasteiger partial charge in [0.2, 0.25) is 10.0 Å². The molecule has 2 aromatic heterocycles. The number of halogens is 3. The first kappa shape index (κ1) is 31.1. The monoisotopic (exact) mass is 560 g/mol. The van der Waals surface area contributed by atoms with E-state index >= 15 is 0 Å². The van der Waals surface area contributed by atoms with Gasteiger partial charge in [-0.15, -0.1) is 37.2 Å². The van der Waals surface area contributed by atoms with Crippen LogP contribution in [-0.4, -0.2) is 36.3 Å². The fraction of sp³-hybridized carbons (Fsp3) is 0.333. The lowest BCUT2D eigenvalue weighted by molar-refractivity contribution is 0.272. The van der Waals surface area contributed by atoms with Crippen molar-refractivity contribution < 1.29 is 13.2 Å². The first-order valence-electron chi connectivity index (χ1n) is 10.7. The number of hydrogen-bond acceptors (Lipinski definition) is 6. The smallest absolute Gasteiger partial charge is 0.243 e. The van der Waals surface area contributed by atoms with Gasteiger partial charge in [0.1, 0.15) is 5.75 Å². The number of hydrogen-bond donors (Lipinski definition) is 1. The van der Waals surface area contributed by atoms with Gasteiger partial charge in [-0.05, 0) is 78.8 Å². The first-order chi connectivity index (χ1) is 15.4. The summed E-state index contributed by atoms with van der Waals surface area (Å²) in [5, 5.41) is 0. The number of rotatable bonds is 9. The molecule has 7 nitrogen and oxygen atoms in total. The van der Waals surface area contributed by atoms with Crippen LogP contribution in [0.3, 0.4) is 0 Å². The van der Waals surface area contributed by atoms with E-state index in [2.05, 4.69) is 16.0 Å². The number of fused-ring (bicyclic) bond motifs is 1. The molecule has 0 radical (unpaired) electrons. The third-order valence-corrected chi connectivity index (χ3v) is 7.89. The van der Waals surface area contributed by atoms with Gasteiger partial charge >= 0.3 is 0 Å². The standard InChI is InChI=1S/C24H28N4O3S.3ClH/c1-28-18-20-16-22(5-6-23(20)32(28,29)30)31-15-3-10-24(25,21-8-13-26-14-9-21)11-7-19-4-2-12-27-17-19;;;/h2,4-6,8-9,12-14,16-17H,3,7,10-11,15,18,25H2,1H3;3*1H. The molecule has 3 aromatic rings. The van der Waals surface area contributed by atoms with Crippen LogP contribution < -0.4 is 10.5 Å². The van der Waals surface area contributed by atoms with Gasteiger partial charge in [-0.25, -0.2) is 8.42 Å². The van der Waals surface area contributed by atoms with Crippen molar-refractivity contribution in [3.05, 3.63) is 83.9 Å². The summed E-state index contributed by atoms with van der Waals surface area (Å²) < 4.78 is 31.7. The second kappa shape index (κ2) is 13.4. The predicted molar refractivity (Wildman–Crippen MR) is 144 cm³/mol. The van der Waals surface area contributed by atoms with Gasteiger partial charge in [0, 0.05) is 43.9 Å². The normalized spacial score (nSPS) is 15.5. The molecule has 2 N–H and O–H groups in total. The van der Waals surface area contributed by atoms with Crippen LogP contribution in [0, 0.1) is 0 Å². The Morgan fingerprint density at radius 1 is 1.03 bits per heavy atom. The Morgan fingerprint density at radius 2 is 1.77 bits per heavy atom. The van der Waals surface area contributed by atoms with Crippen molar-refractivity contribution in [3.8, 4) is 5.75 Å². The number of ether oxygens (including phenoxy) is 1. The summed E-state index contributed by atoms with van der Waals surface area (Å²) in [5.74, 6) is 0.677. The first-order valence-corrected chi connectivity index (χ1v) is 12.1. The molecule has 0 saturated carbocycles. The predicted octanol–water partition coefficient (Wildman–Crippen LogP) is 4.52. The topological polar surface area (TPSA) is 98.4 Å². The molecule has 11 heteroatoms. The molecule has 0 amide bonds. The number of aryl methyl sites for hydroxylation is 1. The highest BCUT2D eigenvalue weighted by Gasteiger charge is 2.32. The lowest BCUT2D eigenvalue weighted by atomic mass is 9.82. The highest BCUT2D eigenvalue weighted by Crippen LogP contribution is 2.32. The van der Waals surface area contributed by atoms with Crippen molar-refractivity contribution in [1.82, 2.24) is 14.3 Å². The zero-order valence-electron chi connectivity index (χ0n) is 19.4. The Hall–Kier alpha value is -1.94. The molecule has 1 unspecified atom stereocenters. The van der Waals surface area contributed by atoms with Crippen LogP contribution in [0.1, 0.15) is 36.0 Å². The Morgan fingerprint density at radius 3 is 2.46 bits per heavy atom. The Labute approximate surface area is 225 Å². The van der Waals surface area contributed by atoms with E-state index in [1.54, 1.807) is 37.8 Å². The van der Waals surface area contributed by atoms with Crippen molar-refractivity contribution in [3.63, 3.8) is 0 Å². The van der Waals surface area contributed by atoms with Gasteiger partial charge in [-0.3, -0.25) is 9.97 Å². The van der Waals surface area contributed by atoms with Crippen LogP contribution in [0.5, 0.6) is 5.75 Å². The fourth-order valence-corrected chi connectivity index (χ4v) is 5.44. The van der Waals surface area contributed by atoms with E-state index in [-0.39, 0.29) is 37.2 Å². The molecular weight excluding hydrogens is 531 g/mol. The van der Waals surface area contributed by atoms with Crippen molar-refractivity contribution in [2.24, 2.45) is 5.73 Å². The number of pyridine rings is 2. The molecule has 35 heavy (non-hydrogen) atoms. The van der Waals surface area contributed by atoms with Crippen LogP contribution in [0.15, 0.2) is 72.1 Å². The molecule has 0 aliphatic carbocycles. The molecule has 1 aliphatic heterocycles. The Kier molecular flexibility index (Phi) is 11.9. The lowest BCUT2D eigenvalue weighted by Gasteiger charge is -2.30. The maximum Gasteiger partial charge on any atom is 0.243 e. The maximum atomic E-state index is 12.2. The lowest BCUT2D eigenvalue weighted by Crippen LogP contribution is -2.37. The minimum Gasteiger partial charge on any atom is -0.494 e. The van der Waals surface area contributed by atoms with Crippen LogP contribution in [0.4, 0.5) is 0 Å². The molecule has 192 valence electrons. The van der Waals surface area contributed by atoms with E-state index < -0.39 is 15.6 Å². The molecule has 3 heterocycles. The van der Waals surface area contributed by atoms with Crippen LogP contribution in [-0.2, 0) is 28.5 Å². The highest BCUT2D eigenvalue weighted by atomic mass is 35.5. The third kappa shape index (κ3) is 7.29. The van der Waals surface area contributed by atoms with Gasteiger partial charge < -0.3 is 10.5 Å². The summed E-state index contributed by atoms with van der Waals surface area (Å²) in [4.78, 5) is 8.68. The average Bonchev–Trinajstić information content (AvgIpc) is 3.04. The molecule has 0 saturated heterocycles. The number of benzene rings is 1. The third-order valence-electron chi connectivity index (χ3n) is 5.99. The summed E-state index contributed by atoms with van der Waals surface area (Å²) in [6, 6.07) is 13.1. The minimum absolute atomic E-state index is 0. The summed E-state index contributed by atoms with van der Waals surface area (Å²) in [6.45, 7) is 0.871. The van der Waals surface area contributed by atoms with Gasteiger partial charge in [-0.1, -0.05) is 6.07 Å². The van der Waals surface area contributed by atoms with Crippen molar-refractivity contribution in [2.75, 3.05) is 13.7 Å². The maximum absolute atomic E-state index is 12.2. The van der Waals surface area contributed by atoms with E-state index in [1.807, 2.05) is 30.5 Å². The molecular formula is C24H31Cl3N4O3S. The Balaban J connectivity index is 0.00000204. The van der Waals surface area contributed by atoms with Crippen molar-refractivity contribution in [1.29, 1.82) is 0 Å².